The molecule has 1 saturated carbocycles. The van der Waals surface area contributed by atoms with Crippen molar-refractivity contribution >= 4 is 16.7 Å². The Morgan fingerprint density at radius 2 is 2.22 bits per heavy atom. The first-order valence-corrected chi connectivity index (χ1v) is 8.38. The smallest absolute Gasteiger partial charge is 0.136 e. The number of fused-ring (bicyclic) bond motifs is 1. The molecule has 0 spiro atoms. The highest BCUT2D eigenvalue weighted by atomic mass is 16.5. The Balaban J connectivity index is 1.79. The summed E-state index contributed by atoms with van der Waals surface area (Å²) in [5.74, 6) is 1.12. The molecule has 0 radical (unpaired) electrons. The second-order valence-corrected chi connectivity index (χ2v) is 6.21. The summed E-state index contributed by atoms with van der Waals surface area (Å²) >= 11 is 0. The molecule has 1 aromatic carbocycles. The molecule has 1 aliphatic rings. The highest BCUT2D eigenvalue weighted by molar-refractivity contribution is 5.84. The molecule has 0 amide bonds. The number of nitrogens with zero attached hydrogens (tertiary/aromatic N) is 1. The Hall–Kier alpha value is -1.94. The summed E-state index contributed by atoms with van der Waals surface area (Å²) in [6.07, 6.45) is 4.83. The van der Waals surface area contributed by atoms with Crippen molar-refractivity contribution in [3.8, 4) is 5.75 Å². The van der Waals surface area contributed by atoms with E-state index in [-0.39, 0.29) is 12.0 Å². The summed E-state index contributed by atoms with van der Waals surface area (Å²) in [5, 5.41) is 10.9. The van der Waals surface area contributed by atoms with Gasteiger partial charge in [0.05, 0.1) is 18.2 Å². The van der Waals surface area contributed by atoms with Crippen LogP contribution in [-0.4, -0.2) is 28.6 Å². The fraction of sp³-hybridized carbons (Fsp3) is 0.474. The molecule has 4 heteroatoms. The van der Waals surface area contributed by atoms with Gasteiger partial charge in [0.1, 0.15) is 11.5 Å². The summed E-state index contributed by atoms with van der Waals surface area (Å²) in [6.45, 7) is 2.60. The maximum absolute atomic E-state index is 12.0. The van der Waals surface area contributed by atoms with Crippen LogP contribution in [0.3, 0.4) is 0 Å². The van der Waals surface area contributed by atoms with Crippen molar-refractivity contribution < 1.29 is 14.6 Å². The molecule has 2 unspecified atom stereocenters. The SMILES string of the molecule is CCOc1ccc2nccc(CCC3CC(O)CCC3=O)c2c1. The average Bonchev–Trinajstić information content (AvgIpc) is 2.56. The molecule has 1 aromatic heterocycles. The monoisotopic (exact) mass is 313 g/mol. The van der Waals surface area contributed by atoms with Crippen molar-refractivity contribution in [2.45, 2.75) is 45.1 Å². The lowest BCUT2D eigenvalue weighted by molar-refractivity contribution is -0.127. The maximum atomic E-state index is 12.0. The van der Waals surface area contributed by atoms with Gasteiger partial charge in [-0.3, -0.25) is 9.78 Å². The number of aliphatic hydroxyl groups is 1. The van der Waals surface area contributed by atoms with Crippen LogP contribution in [0.2, 0.25) is 0 Å². The standard InChI is InChI=1S/C19H23NO3/c1-2-23-16-6-7-18-17(12-16)13(9-10-20-18)3-4-14-11-15(21)5-8-19(14)22/h6-7,9-10,12,14-15,21H,2-5,8,11H2,1H3. The van der Waals surface area contributed by atoms with E-state index < -0.39 is 0 Å². The van der Waals surface area contributed by atoms with E-state index in [1.165, 1.54) is 5.56 Å². The van der Waals surface area contributed by atoms with Gasteiger partial charge in [-0.05, 0) is 62.4 Å². The fourth-order valence-corrected chi connectivity index (χ4v) is 3.36. The van der Waals surface area contributed by atoms with E-state index in [2.05, 4.69) is 4.98 Å². The van der Waals surface area contributed by atoms with Crippen molar-refractivity contribution in [2.24, 2.45) is 5.92 Å². The first-order chi connectivity index (χ1) is 11.2. The molecule has 0 bridgehead atoms. The van der Waals surface area contributed by atoms with Crippen molar-refractivity contribution in [3.05, 3.63) is 36.0 Å². The van der Waals surface area contributed by atoms with Crippen LogP contribution < -0.4 is 4.74 Å². The van der Waals surface area contributed by atoms with Gasteiger partial charge in [0.25, 0.3) is 0 Å². The number of ketones is 1. The number of pyridine rings is 1. The van der Waals surface area contributed by atoms with Crippen LogP contribution >= 0.6 is 0 Å². The molecule has 1 N–H and O–H groups in total. The number of aromatic nitrogens is 1. The minimum Gasteiger partial charge on any atom is -0.494 e. The van der Waals surface area contributed by atoms with E-state index in [0.29, 0.717) is 31.7 Å². The Labute approximate surface area is 136 Å². The predicted molar refractivity (Wildman–Crippen MR) is 89.6 cm³/mol. The van der Waals surface area contributed by atoms with Gasteiger partial charge in [-0.15, -0.1) is 0 Å². The first-order valence-electron chi connectivity index (χ1n) is 8.38. The molecule has 0 saturated heterocycles. The number of benzene rings is 1. The van der Waals surface area contributed by atoms with Gasteiger partial charge in [0.2, 0.25) is 0 Å². The van der Waals surface area contributed by atoms with E-state index in [0.717, 1.165) is 29.5 Å². The van der Waals surface area contributed by atoms with Crippen molar-refractivity contribution in [1.29, 1.82) is 0 Å². The molecule has 1 fully saturated rings. The van der Waals surface area contributed by atoms with E-state index in [4.69, 9.17) is 4.74 Å². The Kier molecular flexibility index (Phi) is 4.91. The third-order valence-corrected chi connectivity index (χ3v) is 4.61. The van der Waals surface area contributed by atoms with Crippen LogP contribution in [0, 0.1) is 5.92 Å². The van der Waals surface area contributed by atoms with Gasteiger partial charge in [-0.25, -0.2) is 0 Å². The molecular formula is C19H23NO3. The Morgan fingerprint density at radius 3 is 3.04 bits per heavy atom. The summed E-state index contributed by atoms with van der Waals surface area (Å²) in [7, 11) is 0. The average molecular weight is 313 g/mol. The predicted octanol–water partition coefficient (Wildman–Crippen LogP) is 3.30. The topological polar surface area (TPSA) is 59.4 Å². The highest BCUT2D eigenvalue weighted by Gasteiger charge is 2.27. The number of carbonyl (C=O) groups excluding carboxylic acids is 1. The highest BCUT2D eigenvalue weighted by Crippen LogP contribution is 2.28. The molecule has 3 rings (SSSR count). The number of Topliss-reactive ketones (excluding diaryl/α,β-unsaturated/α-hetero) is 1. The number of hydrogen-bond donors (Lipinski definition) is 1. The second kappa shape index (κ2) is 7.09. The molecule has 23 heavy (non-hydrogen) atoms. The van der Waals surface area contributed by atoms with E-state index in [1.54, 1.807) is 0 Å². The Morgan fingerprint density at radius 1 is 1.35 bits per heavy atom. The number of carbonyl (C=O) groups is 1. The second-order valence-electron chi connectivity index (χ2n) is 6.21. The minimum absolute atomic E-state index is 0.0166. The molecule has 1 aliphatic carbocycles. The van der Waals surface area contributed by atoms with Gasteiger partial charge in [-0.1, -0.05) is 0 Å². The summed E-state index contributed by atoms with van der Waals surface area (Å²) in [5.41, 5.74) is 2.13. The third-order valence-electron chi connectivity index (χ3n) is 4.61. The van der Waals surface area contributed by atoms with Gasteiger partial charge >= 0.3 is 0 Å². The number of rotatable bonds is 5. The van der Waals surface area contributed by atoms with Gasteiger partial charge in [0, 0.05) is 23.9 Å². The number of aryl methyl sites for hydroxylation is 1. The third kappa shape index (κ3) is 3.70. The largest absolute Gasteiger partial charge is 0.494 e. The zero-order chi connectivity index (χ0) is 16.2. The van der Waals surface area contributed by atoms with Gasteiger partial charge in [-0.2, -0.15) is 0 Å². The van der Waals surface area contributed by atoms with Gasteiger partial charge < -0.3 is 9.84 Å². The quantitative estimate of drug-likeness (QED) is 0.920. The van der Waals surface area contributed by atoms with Crippen molar-refractivity contribution in [3.63, 3.8) is 0 Å². The van der Waals surface area contributed by atoms with E-state index in [1.807, 2.05) is 37.4 Å². The number of hydrogen-bond acceptors (Lipinski definition) is 4. The lowest BCUT2D eigenvalue weighted by atomic mass is 9.82. The first kappa shape index (κ1) is 15.9. The molecular weight excluding hydrogens is 290 g/mol. The molecule has 0 aliphatic heterocycles. The Bertz CT molecular complexity index is 698. The normalized spacial score (nSPS) is 21.6. The summed E-state index contributed by atoms with van der Waals surface area (Å²) < 4.78 is 5.58. The zero-order valence-electron chi connectivity index (χ0n) is 13.5. The minimum atomic E-state index is -0.323. The van der Waals surface area contributed by atoms with E-state index in [9.17, 15) is 9.90 Å². The molecule has 122 valence electrons. The molecule has 2 aromatic rings. The fourth-order valence-electron chi connectivity index (χ4n) is 3.36. The summed E-state index contributed by atoms with van der Waals surface area (Å²) in [6, 6.07) is 7.95. The lowest BCUT2D eigenvalue weighted by Crippen LogP contribution is -2.28. The van der Waals surface area contributed by atoms with Crippen LogP contribution in [0.5, 0.6) is 5.75 Å². The maximum Gasteiger partial charge on any atom is 0.136 e. The van der Waals surface area contributed by atoms with Crippen LogP contribution in [-0.2, 0) is 11.2 Å². The van der Waals surface area contributed by atoms with Crippen molar-refractivity contribution in [1.82, 2.24) is 4.98 Å². The van der Waals surface area contributed by atoms with Gasteiger partial charge in [0.15, 0.2) is 0 Å². The van der Waals surface area contributed by atoms with Crippen molar-refractivity contribution in [2.75, 3.05) is 6.61 Å². The van der Waals surface area contributed by atoms with Crippen LogP contribution in [0.1, 0.15) is 38.2 Å². The number of aliphatic hydroxyl groups excluding tert-OH is 1. The molecule has 1 heterocycles. The van der Waals surface area contributed by atoms with E-state index >= 15 is 0 Å². The van der Waals surface area contributed by atoms with Crippen LogP contribution in [0.15, 0.2) is 30.5 Å². The lowest BCUT2D eigenvalue weighted by Gasteiger charge is -2.24. The molecule has 4 nitrogen and oxygen atoms in total. The number of ether oxygens (including phenoxy) is 1. The van der Waals surface area contributed by atoms with Crippen LogP contribution in [0.25, 0.3) is 10.9 Å². The zero-order valence-corrected chi connectivity index (χ0v) is 13.5. The molecule has 2 atom stereocenters. The van der Waals surface area contributed by atoms with Crippen LogP contribution in [0.4, 0.5) is 0 Å². The summed E-state index contributed by atoms with van der Waals surface area (Å²) in [4.78, 5) is 16.4.